The topological polar surface area (TPSA) is 67.3 Å². The minimum atomic E-state index is -0.602. The lowest BCUT2D eigenvalue weighted by atomic mass is 10.3. The van der Waals surface area contributed by atoms with Gasteiger partial charge in [0.15, 0.2) is 4.34 Å². The second kappa shape index (κ2) is 9.05. The lowest BCUT2D eigenvalue weighted by molar-refractivity contribution is 0.126. The largest absolute Gasteiger partial charge is 0.491 e. The predicted octanol–water partition coefficient (Wildman–Crippen LogP) is 4.47. The Balaban J connectivity index is 1.43. The molecule has 3 rings (SSSR count). The number of benzene rings is 2. The zero-order valence-electron chi connectivity index (χ0n) is 13.1. The fourth-order valence-corrected chi connectivity index (χ4v) is 3.73. The molecule has 1 aromatic heterocycles. The number of anilines is 2. The van der Waals surface area contributed by atoms with Crippen LogP contribution in [-0.2, 0) is 0 Å². The number of aromatic nitrogens is 2. The van der Waals surface area contributed by atoms with Gasteiger partial charge in [-0.15, -0.1) is 10.2 Å². The van der Waals surface area contributed by atoms with Gasteiger partial charge in [0.05, 0.1) is 6.10 Å². The number of hydrogen-bond donors (Lipinski definition) is 2. The molecule has 0 saturated heterocycles. The molecular weight excluding hydrogens is 378 g/mol. The van der Waals surface area contributed by atoms with E-state index in [4.69, 9.17) is 16.3 Å². The third-order valence-corrected chi connectivity index (χ3v) is 5.46. The minimum absolute atomic E-state index is 0.211. The molecule has 0 aliphatic carbocycles. The fraction of sp³-hybridized carbons (Fsp3) is 0.176. The number of para-hydroxylation sites is 1. The van der Waals surface area contributed by atoms with Crippen LogP contribution in [0.25, 0.3) is 0 Å². The lowest BCUT2D eigenvalue weighted by Gasteiger charge is -2.11. The molecular formula is C17H16ClN3O2S2. The van der Waals surface area contributed by atoms with E-state index in [2.05, 4.69) is 15.5 Å². The fourth-order valence-electron chi connectivity index (χ4n) is 1.90. The van der Waals surface area contributed by atoms with Gasteiger partial charge in [-0.05, 0) is 36.4 Å². The van der Waals surface area contributed by atoms with Crippen LogP contribution in [0.15, 0.2) is 58.9 Å². The number of ether oxygens (including phenoxy) is 1. The molecule has 2 aromatic carbocycles. The molecule has 1 heterocycles. The molecule has 1 atom stereocenters. The maximum absolute atomic E-state index is 10.0. The quantitative estimate of drug-likeness (QED) is 0.550. The first-order valence-corrected chi connectivity index (χ1v) is 9.72. The van der Waals surface area contributed by atoms with Gasteiger partial charge in [0, 0.05) is 16.5 Å². The summed E-state index contributed by atoms with van der Waals surface area (Å²) in [4.78, 5) is 0. The van der Waals surface area contributed by atoms with Crippen LogP contribution in [0.4, 0.5) is 10.8 Å². The highest BCUT2D eigenvalue weighted by Crippen LogP contribution is 2.28. The Morgan fingerprint density at radius 2 is 1.88 bits per heavy atom. The number of aliphatic hydroxyl groups is 1. The number of nitrogens with zero attached hydrogens (tertiary/aromatic N) is 2. The summed E-state index contributed by atoms with van der Waals surface area (Å²) in [7, 11) is 0. The number of hydrogen-bond acceptors (Lipinski definition) is 7. The molecule has 2 N–H and O–H groups in total. The normalized spacial score (nSPS) is 11.9. The first-order valence-electron chi connectivity index (χ1n) is 7.54. The van der Waals surface area contributed by atoms with E-state index in [0.717, 1.165) is 15.2 Å². The number of thioether (sulfide) groups is 1. The standard InChI is InChI=1S/C17H16ClN3O2S2/c18-12-6-8-15(9-7-12)23-10-14(22)11-24-17-21-20-16(25-17)19-13-4-2-1-3-5-13/h1-9,14,22H,10-11H2,(H,19,20). The molecule has 0 aliphatic rings. The summed E-state index contributed by atoms with van der Waals surface area (Å²) >= 11 is 8.72. The van der Waals surface area contributed by atoms with Gasteiger partial charge in [0.25, 0.3) is 0 Å². The van der Waals surface area contributed by atoms with Crippen molar-refractivity contribution >= 4 is 45.5 Å². The Bertz CT molecular complexity index is 784. The average Bonchev–Trinajstić information content (AvgIpc) is 3.08. The highest BCUT2D eigenvalue weighted by atomic mass is 35.5. The van der Waals surface area contributed by atoms with E-state index in [-0.39, 0.29) is 6.61 Å². The molecule has 0 radical (unpaired) electrons. The van der Waals surface area contributed by atoms with E-state index >= 15 is 0 Å². The summed E-state index contributed by atoms with van der Waals surface area (Å²) in [5.41, 5.74) is 0.964. The monoisotopic (exact) mass is 393 g/mol. The van der Waals surface area contributed by atoms with Crippen molar-refractivity contribution in [2.24, 2.45) is 0 Å². The molecule has 1 unspecified atom stereocenters. The van der Waals surface area contributed by atoms with Gasteiger partial charge in [0.1, 0.15) is 12.4 Å². The van der Waals surface area contributed by atoms with Gasteiger partial charge in [-0.3, -0.25) is 0 Å². The van der Waals surface area contributed by atoms with Crippen LogP contribution in [-0.4, -0.2) is 33.8 Å². The third-order valence-electron chi connectivity index (χ3n) is 3.09. The highest BCUT2D eigenvalue weighted by Gasteiger charge is 2.10. The van der Waals surface area contributed by atoms with Gasteiger partial charge in [0.2, 0.25) is 5.13 Å². The van der Waals surface area contributed by atoms with Crippen molar-refractivity contribution in [2.45, 2.75) is 10.4 Å². The van der Waals surface area contributed by atoms with Crippen molar-refractivity contribution < 1.29 is 9.84 Å². The summed E-state index contributed by atoms with van der Waals surface area (Å²) in [6.45, 7) is 0.211. The van der Waals surface area contributed by atoms with Gasteiger partial charge < -0.3 is 15.2 Å². The van der Waals surface area contributed by atoms with Gasteiger partial charge in [-0.25, -0.2) is 0 Å². The van der Waals surface area contributed by atoms with Gasteiger partial charge in [-0.1, -0.05) is 52.9 Å². The molecule has 130 valence electrons. The minimum Gasteiger partial charge on any atom is -0.491 e. The SMILES string of the molecule is OC(COc1ccc(Cl)cc1)CSc1nnc(Nc2ccccc2)s1. The molecule has 25 heavy (non-hydrogen) atoms. The Morgan fingerprint density at radius 3 is 2.64 bits per heavy atom. The van der Waals surface area contributed by atoms with Crippen molar-refractivity contribution in [1.29, 1.82) is 0 Å². The van der Waals surface area contributed by atoms with E-state index < -0.39 is 6.10 Å². The average molecular weight is 394 g/mol. The lowest BCUT2D eigenvalue weighted by Crippen LogP contribution is -2.19. The summed E-state index contributed by atoms with van der Waals surface area (Å²) in [6.07, 6.45) is -0.602. The van der Waals surface area contributed by atoms with E-state index in [1.165, 1.54) is 23.1 Å². The first-order chi connectivity index (χ1) is 12.2. The number of halogens is 1. The van der Waals surface area contributed by atoms with Crippen molar-refractivity contribution in [2.75, 3.05) is 17.7 Å². The number of nitrogens with one attached hydrogen (secondary N) is 1. The van der Waals surface area contributed by atoms with Crippen LogP contribution >= 0.6 is 34.7 Å². The highest BCUT2D eigenvalue weighted by molar-refractivity contribution is 8.01. The van der Waals surface area contributed by atoms with Gasteiger partial charge >= 0.3 is 0 Å². The summed E-state index contributed by atoms with van der Waals surface area (Å²) < 4.78 is 6.32. The molecule has 5 nitrogen and oxygen atoms in total. The predicted molar refractivity (Wildman–Crippen MR) is 103 cm³/mol. The zero-order chi connectivity index (χ0) is 17.5. The second-order valence-electron chi connectivity index (χ2n) is 5.09. The molecule has 3 aromatic rings. The van der Waals surface area contributed by atoms with Crippen LogP contribution in [0.1, 0.15) is 0 Å². The van der Waals surface area contributed by atoms with Crippen LogP contribution in [0, 0.1) is 0 Å². The summed E-state index contributed by atoms with van der Waals surface area (Å²) in [5.74, 6) is 1.16. The zero-order valence-corrected chi connectivity index (χ0v) is 15.5. The van der Waals surface area contributed by atoms with Crippen LogP contribution in [0.5, 0.6) is 5.75 Å². The van der Waals surface area contributed by atoms with Crippen molar-refractivity contribution in [3.8, 4) is 5.75 Å². The molecule has 0 amide bonds. The maximum atomic E-state index is 10.0. The molecule has 0 bridgehead atoms. The van der Waals surface area contributed by atoms with Crippen LogP contribution in [0.2, 0.25) is 5.02 Å². The van der Waals surface area contributed by atoms with E-state index in [1.54, 1.807) is 24.3 Å². The van der Waals surface area contributed by atoms with E-state index in [9.17, 15) is 5.11 Å². The smallest absolute Gasteiger partial charge is 0.210 e. The first kappa shape index (κ1) is 18.0. The maximum Gasteiger partial charge on any atom is 0.210 e. The Hall–Kier alpha value is -1.80. The molecule has 8 heteroatoms. The molecule has 0 fully saturated rings. The van der Waals surface area contributed by atoms with Crippen molar-refractivity contribution in [1.82, 2.24) is 10.2 Å². The molecule has 0 saturated carbocycles. The van der Waals surface area contributed by atoms with Gasteiger partial charge in [-0.2, -0.15) is 0 Å². The molecule has 0 aliphatic heterocycles. The second-order valence-corrected chi connectivity index (χ2v) is 7.77. The number of rotatable bonds is 8. The van der Waals surface area contributed by atoms with Crippen LogP contribution in [0.3, 0.4) is 0 Å². The van der Waals surface area contributed by atoms with Crippen molar-refractivity contribution in [3.63, 3.8) is 0 Å². The molecule has 0 spiro atoms. The van der Waals surface area contributed by atoms with E-state index in [1.807, 2.05) is 30.3 Å². The van der Waals surface area contributed by atoms with E-state index in [0.29, 0.717) is 16.5 Å². The Labute approximate surface area is 159 Å². The Morgan fingerprint density at radius 1 is 1.12 bits per heavy atom. The van der Waals surface area contributed by atoms with Crippen molar-refractivity contribution in [3.05, 3.63) is 59.6 Å². The Kier molecular flexibility index (Phi) is 6.52. The third kappa shape index (κ3) is 5.89. The summed E-state index contributed by atoms with van der Waals surface area (Å²) in [6, 6.07) is 16.8. The summed E-state index contributed by atoms with van der Waals surface area (Å²) in [5, 5.41) is 22.8. The number of aliphatic hydroxyl groups excluding tert-OH is 1. The van der Waals surface area contributed by atoms with Crippen LogP contribution < -0.4 is 10.1 Å².